The minimum absolute atomic E-state index is 0.515. The predicted octanol–water partition coefficient (Wildman–Crippen LogP) is 17.1. The number of methoxy groups -OCH3 is 12. The third kappa shape index (κ3) is 7.82. The summed E-state index contributed by atoms with van der Waals surface area (Å²) in [6.45, 7) is 0. The van der Waals surface area contributed by atoms with Crippen LogP contribution in [0.1, 0.15) is 44.5 Å². The molecule has 92 heavy (non-hydrogen) atoms. The van der Waals surface area contributed by atoms with Crippen LogP contribution in [0.25, 0.3) is 89.0 Å². The lowest BCUT2D eigenvalue weighted by Crippen LogP contribution is -2.33. The minimum atomic E-state index is -0.976. The normalized spacial score (nSPS) is 13.2. The lowest BCUT2D eigenvalue weighted by molar-refractivity contribution is 0.324. The molecule has 4 aliphatic carbocycles. The Morgan fingerprint density at radius 2 is 0.391 bits per heavy atom. The summed E-state index contributed by atoms with van der Waals surface area (Å²) in [6, 6.07) is 66.6. The molecule has 4 aliphatic rings. The Balaban J connectivity index is 1.11. The Hall–Kier alpha value is -11.0. The van der Waals surface area contributed by atoms with Gasteiger partial charge in [-0.15, -0.1) is 0 Å². The van der Waals surface area contributed by atoms with Crippen LogP contribution in [-0.4, -0.2) is 85.3 Å². The molecular formula is C80H66O12. The summed E-state index contributed by atoms with van der Waals surface area (Å²) < 4.78 is 71.9. The zero-order valence-corrected chi connectivity index (χ0v) is 53.2. The molecule has 0 aromatic heterocycles. The standard InChI is InChI=1S/C80H66O12/c1-81-65-35-47(36-66(82-2)75(65)89-9)43-21-25-53-54-26-22-44(48-37-67(83-3)76(90-10)68(38-48)84-4)32-62(54)79(61(53)31-43)59-19-15-13-17-51(59)57-29-30-58-52-18-14-16-20-60(52)80(74(58)73(57)79)63-33-45(49-39-69(85-5)77(91-11)70(40-49)86-6)23-27-55(63)56-28-24-46(34-64(56)80)50-41-71(87-7)78(92-12)72(42-50)88-8/h13-42H,1-12H3. The Morgan fingerprint density at radius 1 is 0.185 bits per heavy atom. The highest BCUT2D eigenvalue weighted by Crippen LogP contribution is 2.72. The van der Waals surface area contributed by atoms with E-state index in [2.05, 4.69) is 133 Å². The molecule has 0 saturated carbocycles. The molecule has 0 atom stereocenters. The smallest absolute Gasteiger partial charge is 0.203 e. The molecule has 0 radical (unpaired) electrons. The van der Waals surface area contributed by atoms with E-state index in [1.54, 1.807) is 85.3 Å². The van der Waals surface area contributed by atoms with E-state index in [1.165, 1.54) is 11.1 Å². The number of fused-ring (bicyclic) bond motifs is 21. The second-order valence-electron chi connectivity index (χ2n) is 23.2. The molecule has 12 nitrogen and oxygen atoms in total. The largest absolute Gasteiger partial charge is 0.493 e. The molecule has 15 rings (SSSR count). The number of benzene rings is 11. The van der Waals surface area contributed by atoms with Crippen LogP contribution in [0.15, 0.2) is 182 Å². The summed E-state index contributed by atoms with van der Waals surface area (Å²) >= 11 is 0. The summed E-state index contributed by atoms with van der Waals surface area (Å²) in [5.41, 5.74) is 23.7. The van der Waals surface area contributed by atoms with Crippen molar-refractivity contribution in [2.24, 2.45) is 0 Å². The van der Waals surface area contributed by atoms with Crippen LogP contribution < -0.4 is 56.8 Å². The molecule has 0 fully saturated rings. The minimum Gasteiger partial charge on any atom is -0.493 e. The first-order valence-electron chi connectivity index (χ1n) is 30.2. The third-order valence-electron chi connectivity index (χ3n) is 19.5. The van der Waals surface area contributed by atoms with E-state index in [0.29, 0.717) is 69.0 Å². The first kappa shape index (κ1) is 57.5. The van der Waals surface area contributed by atoms with Gasteiger partial charge in [0.05, 0.1) is 96.1 Å². The second kappa shape index (κ2) is 21.9. The van der Waals surface area contributed by atoms with Gasteiger partial charge >= 0.3 is 0 Å². The first-order valence-corrected chi connectivity index (χ1v) is 30.2. The maximum atomic E-state index is 6.04. The molecule has 0 N–H and O–H groups in total. The monoisotopic (exact) mass is 1220 g/mol. The highest BCUT2D eigenvalue weighted by molar-refractivity contribution is 6.05. The van der Waals surface area contributed by atoms with Crippen molar-refractivity contribution in [2.75, 3.05) is 85.3 Å². The average Bonchev–Trinajstić information content (AvgIpc) is 1.47. The Morgan fingerprint density at radius 3 is 0.609 bits per heavy atom. The molecular weight excluding hydrogens is 1150 g/mol. The summed E-state index contributed by atoms with van der Waals surface area (Å²) in [7, 11) is 19.8. The van der Waals surface area contributed by atoms with Crippen molar-refractivity contribution in [1.82, 2.24) is 0 Å². The fourth-order valence-corrected chi connectivity index (χ4v) is 15.7. The van der Waals surface area contributed by atoms with Gasteiger partial charge in [0.15, 0.2) is 46.0 Å². The third-order valence-corrected chi connectivity index (χ3v) is 19.5. The summed E-state index contributed by atoms with van der Waals surface area (Å²) in [4.78, 5) is 0. The van der Waals surface area contributed by atoms with Crippen LogP contribution in [0.2, 0.25) is 0 Å². The van der Waals surface area contributed by atoms with Gasteiger partial charge in [0.25, 0.3) is 0 Å². The average molecular weight is 1220 g/mol. The first-order chi connectivity index (χ1) is 45.0. The van der Waals surface area contributed by atoms with E-state index >= 15 is 0 Å². The Labute approximate surface area is 534 Å². The number of rotatable bonds is 16. The Kier molecular flexibility index (Phi) is 13.7. The highest BCUT2D eigenvalue weighted by atomic mass is 16.5. The van der Waals surface area contributed by atoms with E-state index in [0.717, 1.165) is 122 Å². The maximum Gasteiger partial charge on any atom is 0.203 e. The zero-order chi connectivity index (χ0) is 63.5. The summed E-state index contributed by atoms with van der Waals surface area (Å²) in [5, 5.41) is 0. The van der Waals surface area contributed by atoms with E-state index in [4.69, 9.17) is 56.8 Å². The molecule has 12 heteroatoms. The molecule has 0 bridgehead atoms. The van der Waals surface area contributed by atoms with Crippen molar-refractivity contribution in [3.63, 3.8) is 0 Å². The zero-order valence-electron chi connectivity index (χ0n) is 53.2. The topological polar surface area (TPSA) is 111 Å². The number of hydrogen-bond donors (Lipinski definition) is 0. The molecule has 458 valence electrons. The van der Waals surface area contributed by atoms with E-state index in [-0.39, 0.29) is 0 Å². The van der Waals surface area contributed by atoms with Crippen LogP contribution in [0.4, 0.5) is 0 Å². The Bertz CT molecular complexity index is 4250. The van der Waals surface area contributed by atoms with E-state index < -0.39 is 10.8 Å². The number of hydrogen-bond acceptors (Lipinski definition) is 12. The van der Waals surface area contributed by atoms with Crippen molar-refractivity contribution in [2.45, 2.75) is 10.8 Å². The van der Waals surface area contributed by atoms with Crippen LogP contribution in [0.3, 0.4) is 0 Å². The number of ether oxygens (including phenoxy) is 12. The van der Waals surface area contributed by atoms with Gasteiger partial charge in [-0.3, -0.25) is 0 Å². The molecule has 0 unspecified atom stereocenters. The van der Waals surface area contributed by atoms with Gasteiger partial charge < -0.3 is 56.8 Å². The van der Waals surface area contributed by atoms with Crippen molar-refractivity contribution in [1.29, 1.82) is 0 Å². The lowest BCUT2D eigenvalue weighted by Gasteiger charge is -2.38. The van der Waals surface area contributed by atoms with Gasteiger partial charge in [0, 0.05) is 0 Å². The van der Waals surface area contributed by atoms with Crippen LogP contribution in [-0.2, 0) is 10.8 Å². The van der Waals surface area contributed by atoms with Gasteiger partial charge in [-0.25, -0.2) is 0 Å². The van der Waals surface area contributed by atoms with E-state index in [1.807, 2.05) is 48.5 Å². The molecule has 2 spiro atoms. The van der Waals surface area contributed by atoms with Gasteiger partial charge in [0.2, 0.25) is 23.0 Å². The fraction of sp³-hybridized carbons (Fsp3) is 0.175. The van der Waals surface area contributed by atoms with Gasteiger partial charge in [-0.1, -0.05) is 109 Å². The van der Waals surface area contributed by atoms with E-state index in [9.17, 15) is 0 Å². The van der Waals surface area contributed by atoms with Crippen molar-refractivity contribution in [3.8, 4) is 158 Å². The highest BCUT2D eigenvalue weighted by Gasteiger charge is 2.60. The molecule has 0 amide bonds. The quantitative estimate of drug-likeness (QED) is 0.0918. The summed E-state index contributed by atoms with van der Waals surface area (Å²) in [6.07, 6.45) is 0. The van der Waals surface area contributed by atoms with Crippen LogP contribution in [0.5, 0.6) is 69.0 Å². The maximum absolute atomic E-state index is 6.04. The molecule has 0 saturated heterocycles. The molecule has 11 aromatic carbocycles. The van der Waals surface area contributed by atoms with Gasteiger partial charge in [0.1, 0.15) is 0 Å². The van der Waals surface area contributed by atoms with Crippen molar-refractivity contribution >= 4 is 0 Å². The summed E-state index contributed by atoms with van der Waals surface area (Å²) in [5.74, 6) is 6.50. The van der Waals surface area contributed by atoms with Gasteiger partial charge in [-0.05, 0) is 206 Å². The predicted molar refractivity (Wildman–Crippen MR) is 359 cm³/mol. The second-order valence-corrected chi connectivity index (χ2v) is 23.2. The van der Waals surface area contributed by atoms with Crippen molar-refractivity contribution in [3.05, 3.63) is 226 Å². The van der Waals surface area contributed by atoms with Crippen LogP contribution in [0, 0.1) is 0 Å². The molecule has 0 heterocycles. The molecule has 11 aromatic rings. The van der Waals surface area contributed by atoms with Crippen LogP contribution >= 0.6 is 0 Å². The lowest BCUT2D eigenvalue weighted by atomic mass is 9.62. The SMILES string of the molecule is COc1cc(-c2ccc3c(c2)C2(c4cc(-c5cc(OC)c(OC)c(OC)c5)ccc4-3)c3ccccc3-c3ccc4c(c32)C2(c3cc(-c5cc(OC)c(OC)c(OC)c5)ccc3-c3ccc(-c5cc(OC)c(OC)c(OC)c5)cc32)c2ccccc2-4)cc(OC)c1OC. The van der Waals surface area contributed by atoms with Crippen molar-refractivity contribution < 1.29 is 56.8 Å². The fourth-order valence-electron chi connectivity index (χ4n) is 15.7. The van der Waals surface area contributed by atoms with Gasteiger partial charge in [-0.2, -0.15) is 0 Å². The molecule has 0 aliphatic heterocycles.